The molecule has 3 rings (SSSR count). The Hall–Kier alpha value is -1.82. The number of hydrogen-bond donors (Lipinski definition) is 1. The number of piperazine rings is 1. The summed E-state index contributed by atoms with van der Waals surface area (Å²) in [6, 6.07) is 4.51. The van der Waals surface area contributed by atoms with E-state index in [-0.39, 0.29) is 12.1 Å². The van der Waals surface area contributed by atoms with Gasteiger partial charge in [0.25, 0.3) is 0 Å². The molecule has 5 nitrogen and oxygen atoms in total. The molecular formula is C17H24N4OS. The van der Waals surface area contributed by atoms with Crippen LogP contribution in [-0.4, -0.2) is 48.1 Å². The minimum absolute atomic E-state index is 0.0376. The number of carbonyl (C=O) groups is 1. The van der Waals surface area contributed by atoms with E-state index in [0.29, 0.717) is 0 Å². The number of hydrogen-bond acceptors (Lipinski definition) is 4. The van der Waals surface area contributed by atoms with Gasteiger partial charge in [0.1, 0.15) is 0 Å². The molecule has 0 spiro atoms. The molecule has 0 atom stereocenters. The van der Waals surface area contributed by atoms with Crippen molar-refractivity contribution in [3.05, 3.63) is 23.3 Å². The fourth-order valence-electron chi connectivity index (χ4n) is 2.82. The van der Waals surface area contributed by atoms with E-state index in [2.05, 4.69) is 36.2 Å². The number of nitrogens with one attached hydrogen (secondary N) is 1. The summed E-state index contributed by atoms with van der Waals surface area (Å²) in [5.74, 6) is 0. The second-order valence-corrected chi connectivity index (χ2v) is 7.43. The molecule has 0 bridgehead atoms. The van der Waals surface area contributed by atoms with Crippen molar-refractivity contribution in [1.29, 1.82) is 0 Å². The van der Waals surface area contributed by atoms with Gasteiger partial charge in [-0.2, -0.15) is 0 Å². The van der Waals surface area contributed by atoms with Crippen molar-refractivity contribution in [2.75, 3.05) is 31.1 Å². The van der Waals surface area contributed by atoms with E-state index in [1.54, 1.807) is 11.3 Å². The van der Waals surface area contributed by atoms with Crippen LogP contribution in [0.3, 0.4) is 0 Å². The van der Waals surface area contributed by atoms with Crippen molar-refractivity contribution >= 4 is 32.7 Å². The van der Waals surface area contributed by atoms with Crippen molar-refractivity contribution in [3.63, 3.8) is 0 Å². The second-order valence-electron chi connectivity index (χ2n) is 6.45. The summed E-state index contributed by atoms with van der Waals surface area (Å²) >= 11 is 1.76. The molecule has 2 amide bonds. The lowest BCUT2D eigenvalue weighted by atomic mass is 10.1. The first kappa shape index (κ1) is 16.1. The summed E-state index contributed by atoms with van der Waals surface area (Å²) in [5.41, 5.74) is 3.62. The lowest BCUT2D eigenvalue weighted by molar-refractivity contribution is 0.192. The number of carbonyl (C=O) groups excluding carboxylic acids is 1. The summed E-state index contributed by atoms with van der Waals surface area (Å²) < 4.78 is 1.28. The Bertz CT molecular complexity index is 678. The Morgan fingerprint density at radius 2 is 1.83 bits per heavy atom. The summed E-state index contributed by atoms with van der Waals surface area (Å²) in [6.45, 7) is 11.4. The van der Waals surface area contributed by atoms with E-state index >= 15 is 0 Å². The number of aryl methyl sites for hydroxylation is 2. The Labute approximate surface area is 141 Å². The normalized spacial score (nSPS) is 15.5. The fourth-order valence-corrected chi connectivity index (χ4v) is 3.99. The van der Waals surface area contributed by atoms with Gasteiger partial charge in [-0.3, -0.25) is 0 Å². The zero-order valence-electron chi connectivity index (χ0n) is 14.2. The van der Waals surface area contributed by atoms with Gasteiger partial charge in [0.2, 0.25) is 0 Å². The predicted molar refractivity (Wildman–Crippen MR) is 96.5 cm³/mol. The van der Waals surface area contributed by atoms with Crippen LogP contribution in [0.15, 0.2) is 12.1 Å². The first-order valence-electron chi connectivity index (χ1n) is 8.13. The van der Waals surface area contributed by atoms with E-state index in [4.69, 9.17) is 4.98 Å². The third-order valence-corrected chi connectivity index (χ3v) is 5.43. The lowest BCUT2D eigenvalue weighted by Gasteiger charge is -2.34. The van der Waals surface area contributed by atoms with Crippen LogP contribution in [0, 0.1) is 13.8 Å². The lowest BCUT2D eigenvalue weighted by Crippen LogP contribution is -2.52. The van der Waals surface area contributed by atoms with Gasteiger partial charge in [-0.25, -0.2) is 9.78 Å². The van der Waals surface area contributed by atoms with Crippen LogP contribution in [0.1, 0.15) is 25.0 Å². The second kappa shape index (κ2) is 6.35. The van der Waals surface area contributed by atoms with E-state index in [9.17, 15) is 4.79 Å². The highest BCUT2D eigenvalue weighted by molar-refractivity contribution is 7.22. The first-order chi connectivity index (χ1) is 11.0. The molecule has 1 aliphatic heterocycles. The molecule has 124 valence electrons. The number of amides is 2. The highest BCUT2D eigenvalue weighted by Crippen LogP contribution is 2.33. The topological polar surface area (TPSA) is 48.5 Å². The molecule has 2 aromatic rings. The van der Waals surface area contributed by atoms with Crippen molar-refractivity contribution < 1.29 is 4.79 Å². The third-order valence-electron chi connectivity index (χ3n) is 4.18. The minimum Gasteiger partial charge on any atom is -0.345 e. The van der Waals surface area contributed by atoms with E-state index in [1.807, 2.05) is 18.7 Å². The fraction of sp³-hybridized carbons (Fsp3) is 0.529. The Morgan fingerprint density at radius 1 is 1.17 bits per heavy atom. The number of fused-ring (bicyclic) bond motifs is 1. The van der Waals surface area contributed by atoms with Crippen molar-refractivity contribution in [3.8, 4) is 0 Å². The molecule has 1 saturated heterocycles. The van der Waals surface area contributed by atoms with E-state index < -0.39 is 0 Å². The zero-order chi connectivity index (χ0) is 16.6. The number of urea groups is 1. The maximum absolute atomic E-state index is 12.1. The Kier molecular flexibility index (Phi) is 4.43. The molecule has 1 N–H and O–H groups in total. The minimum atomic E-state index is 0.0376. The van der Waals surface area contributed by atoms with Crippen LogP contribution in [0.2, 0.25) is 0 Å². The Morgan fingerprint density at radius 3 is 2.43 bits per heavy atom. The monoisotopic (exact) mass is 332 g/mol. The number of anilines is 1. The van der Waals surface area contributed by atoms with Crippen molar-refractivity contribution in [2.24, 2.45) is 0 Å². The molecule has 23 heavy (non-hydrogen) atoms. The van der Waals surface area contributed by atoms with Crippen molar-refractivity contribution in [2.45, 2.75) is 33.7 Å². The standard InChI is InChI=1S/C17H24N4OS/c1-11(2)18-16(22)20-7-9-21(10-8-20)17-19-14-12(3)5-6-13(4)15(14)23-17/h5-6,11H,7-10H2,1-4H3,(H,18,22). The molecule has 6 heteroatoms. The number of thiazole rings is 1. The summed E-state index contributed by atoms with van der Waals surface area (Å²) in [5, 5.41) is 4.03. The summed E-state index contributed by atoms with van der Waals surface area (Å²) in [7, 11) is 0. The SMILES string of the molecule is Cc1ccc(C)c2sc(N3CCN(C(=O)NC(C)C)CC3)nc12. The van der Waals surface area contributed by atoms with Gasteiger partial charge in [-0.05, 0) is 38.8 Å². The van der Waals surface area contributed by atoms with Gasteiger partial charge in [-0.15, -0.1) is 0 Å². The molecule has 1 fully saturated rings. The smallest absolute Gasteiger partial charge is 0.317 e. The van der Waals surface area contributed by atoms with Gasteiger partial charge >= 0.3 is 6.03 Å². The number of rotatable bonds is 2. The molecule has 1 aliphatic rings. The average Bonchev–Trinajstić information content (AvgIpc) is 2.97. The third kappa shape index (κ3) is 3.27. The highest BCUT2D eigenvalue weighted by atomic mass is 32.1. The molecule has 0 saturated carbocycles. The number of aromatic nitrogens is 1. The predicted octanol–water partition coefficient (Wildman–Crippen LogP) is 3.15. The molecular weight excluding hydrogens is 308 g/mol. The average molecular weight is 332 g/mol. The Balaban J connectivity index is 1.72. The van der Waals surface area contributed by atoms with Crippen LogP contribution in [-0.2, 0) is 0 Å². The van der Waals surface area contributed by atoms with Crippen LogP contribution in [0.5, 0.6) is 0 Å². The van der Waals surface area contributed by atoms with Crippen LogP contribution in [0.4, 0.5) is 9.93 Å². The highest BCUT2D eigenvalue weighted by Gasteiger charge is 2.23. The maximum atomic E-state index is 12.1. The van der Waals surface area contributed by atoms with E-state index in [1.165, 1.54) is 15.8 Å². The van der Waals surface area contributed by atoms with Crippen LogP contribution in [0.25, 0.3) is 10.2 Å². The maximum Gasteiger partial charge on any atom is 0.317 e. The van der Waals surface area contributed by atoms with Gasteiger partial charge in [-0.1, -0.05) is 23.5 Å². The molecule has 0 radical (unpaired) electrons. The van der Waals surface area contributed by atoms with Crippen LogP contribution >= 0.6 is 11.3 Å². The summed E-state index contributed by atoms with van der Waals surface area (Å²) in [4.78, 5) is 21.1. The zero-order valence-corrected chi connectivity index (χ0v) is 15.0. The molecule has 0 unspecified atom stereocenters. The van der Waals surface area contributed by atoms with Gasteiger partial charge in [0, 0.05) is 32.2 Å². The molecule has 2 heterocycles. The number of benzene rings is 1. The van der Waals surface area contributed by atoms with Gasteiger partial charge in [0.15, 0.2) is 5.13 Å². The molecule has 1 aromatic carbocycles. The molecule has 0 aliphatic carbocycles. The molecule has 1 aromatic heterocycles. The van der Waals surface area contributed by atoms with Crippen molar-refractivity contribution in [1.82, 2.24) is 15.2 Å². The first-order valence-corrected chi connectivity index (χ1v) is 8.94. The van der Waals surface area contributed by atoms with Crippen LogP contribution < -0.4 is 10.2 Å². The van der Waals surface area contributed by atoms with Gasteiger partial charge < -0.3 is 15.1 Å². The van der Waals surface area contributed by atoms with Gasteiger partial charge in [0.05, 0.1) is 10.2 Å². The van der Waals surface area contributed by atoms with E-state index in [0.717, 1.165) is 36.8 Å². The quantitative estimate of drug-likeness (QED) is 0.919. The number of nitrogens with zero attached hydrogens (tertiary/aromatic N) is 3. The largest absolute Gasteiger partial charge is 0.345 e. The summed E-state index contributed by atoms with van der Waals surface area (Å²) in [6.07, 6.45) is 0.